The lowest BCUT2D eigenvalue weighted by atomic mass is 9.92. The summed E-state index contributed by atoms with van der Waals surface area (Å²) >= 11 is 0. The summed E-state index contributed by atoms with van der Waals surface area (Å²) in [6.45, 7) is 8.74. The lowest BCUT2D eigenvalue weighted by Crippen LogP contribution is -2.31. The molecule has 0 aliphatic heterocycles. The van der Waals surface area contributed by atoms with Gasteiger partial charge in [-0.1, -0.05) is 37.6 Å². The van der Waals surface area contributed by atoms with E-state index in [-0.39, 0.29) is 0 Å². The number of pyridine rings is 1. The molecule has 1 heteroatoms. The summed E-state index contributed by atoms with van der Waals surface area (Å²) in [5, 5.41) is 2.37. The molecule has 23 heavy (non-hydrogen) atoms. The average Bonchev–Trinajstić information content (AvgIpc) is 2.57. The molecule has 0 saturated carbocycles. The smallest absolute Gasteiger partial charge is 0.200 e. The normalized spacial score (nSPS) is 11.8. The van der Waals surface area contributed by atoms with Crippen molar-refractivity contribution in [1.82, 2.24) is 0 Å². The number of aryl methyl sites for hydroxylation is 3. The van der Waals surface area contributed by atoms with E-state index >= 15 is 0 Å². The third-order valence-corrected chi connectivity index (χ3v) is 4.83. The van der Waals surface area contributed by atoms with Gasteiger partial charge in [0.05, 0.1) is 10.9 Å². The van der Waals surface area contributed by atoms with Crippen molar-refractivity contribution in [2.75, 3.05) is 0 Å². The summed E-state index contributed by atoms with van der Waals surface area (Å²) in [7, 11) is 2.00. The number of nitrogens with zero attached hydrogens (tertiary/aromatic N) is 1. The van der Waals surface area contributed by atoms with Crippen molar-refractivity contribution in [3.05, 3.63) is 64.8 Å². The van der Waals surface area contributed by atoms with Gasteiger partial charge in [0.1, 0.15) is 8.42 Å². The fourth-order valence-corrected chi connectivity index (χ4v) is 3.41. The molecule has 3 aromatic rings. The van der Waals surface area contributed by atoms with E-state index in [2.05, 4.69) is 58.0 Å². The highest BCUT2D eigenvalue weighted by Gasteiger charge is 2.19. The molecule has 0 aliphatic rings. The predicted molar refractivity (Wildman–Crippen MR) is 98.8 cm³/mol. The minimum atomic E-state index is 0.544. The molecule has 0 unspecified atom stereocenters. The molecule has 0 saturated heterocycles. The van der Waals surface area contributed by atoms with Gasteiger partial charge in [0.2, 0.25) is 5.69 Å². The van der Waals surface area contributed by atoms with Crippen LogP contribution in [0.4, 0.5) is 0 Å². The second kappa shape index (κ2) is 6.16. The van der Waals surface area contributed by atoms with Crippen LogP contribution >= 0.6 is 0 Å². The summed E-state index contributed by atoms with van der Waals surface area (Å²) in [5.74, 6) is 0. The molecule has 0 bridgehead atoms. The molecular formula is C22H26N+. The molecule has 118 valence electrons. The summed E-state index contributed by atoms with van der Waals surface area (Å²) < 4.78 is 10.4. The van der Waals surface area contributed by atoms with Crippen LogP contribution in [0.3, 0.4) is 0 Å². The number of hydrogen-bond acceptors (Lipinski definition) is 0. The topological polar surface area (TPSA) is 3.88 Å². The Bertz CT molecular complexity index is 925. The van der Waals surface area contributed by atoms with Gasteiger partial charge in [0.25, 0.3) is 0 Å². The van der Waals surface area contributed by atoms with Gasteiger partial charge in [0, 0.05) is 6.07 Å². The highest BCUT2D eigenvalue weighted by atomic mass is 14.9. The Morgan fingerprint density at radius 2 is 1.78 bits per heavy atom. The van der Waals surface area contributed by atoms with Gasteiger partial charge in [-0.15, -0.1) is 0 Å². The first-order valence-electron chi connectivity index (χ1n) is 8.99. The lowest BCUT2D eigenvalue weighted by Gasteiger charge is -2.13. The highest BCUT2D eigenvalue weighted by Crippen LogP contribution is 2.31. The van der Waals surface area contributed by atoms with E-state index in [0.717, 1.165) is 23.9 Å². The van der Waals surface area contributed by atoms with Crippen LogP contribution in [0.15, 0.2) is 42.6 Å². The van der Waals surface area contributed by atoms with E-state index in [9.17, 15) is 0 Å². The lowest BCUT2D eigenvalue weighted by molar-refractivity contribution is -0.659. The molecule has 3 rings (SSSR count). The maximum Gasteiger partial charge on any atom is 0.220 e. The van der Waals surface area contributed by atoms with Crippen molar-refractivity contribution in [1.29, 1.82) is 0 Å². The van der Waals surface area contributed by atoms with Gasteiger partial charge >= 0.3 is 0 Å². The summed E-state index contributed by atoms with van der Waals surface area (Å²) in [4.78, 5) is 0. The van der Waals surface area contributed by atoms with E-state index in [0.29, 0.717) is 6.17 Å². The Morgan fingerprint density at radius 1 is 1.00 bits per heavy atom. The number of aromatic nitrogens is 1. The third-order valence-electron chi connectivity index (χ3n) is 4.83. The van der Waals surface area contributed by atoms with Crippen LogP contribution in [-0.2, 0) is 19.9 Å². The average molecular weight is 305 g/mol. The first-order valence-corrected chi connectivity index (χ1v) is 8.49. The van der Waals surface area contributed by atoms with Crippen molar-refractivity contribution in [2.24, 2.45) is 7.05 Å². The number of benzene rings is 2. The Hall–Kier alpha value is -2.15. The molecule has 1 nitrogen and oxygen atoms in total. The fourth-order valence-electron chi connectivity index (χ4n) is 3.41. The maximum absolute atomic E-state index is 8.39. The van der Waals surface area contributed by atoms with Crippen LogP contribution in [0.5, 0.6) is 0 Å². The van der Waals surface area contributed by atoms with Gasteiger partial charge in [-0.2, -0.15) is 0 Å². The molecule has 0 amide bonds. The fraction of sp³-hybridized carbons (Fsp3) is 0.318. The molecule has 2 aromatic carbocycles. The molecule has 0 N–H and O–H groups in total. The first kappa shape index (κ1) is 14.4. The van der Waals surface area contributed by atoms with Crippen LogP contribution in [0.2, 0.25) is 0 Å². The van der Waals surface area contributed by atoms with Crippen molar-refractivity contribution >= 4 is 10.8 Å². The Morgan fingerprint density at radius 3 is 2.48 bits per heavy atom. The molecule has 0 fully saturated rings. The van der Waals surface area contributed by atoms with E-state index in [1.807, 2.05) is 17.7 Å². The van der Waals surface area contributed by atoms with E-state index in [1.165, 1.54) is 33.2 Å². The zero-order valence-electron chi connectivity index (χ0n) is 15.8. The number of hydrogen-bond donors (Lipinski definition) is 0. The minimum Gasteiger partial charge on any atom is -0.200 e. The van der Waals surface area contributed by atoms with Crippen molar-refractivity contribution < 1.29 is 5.94 Å². The minimum absolute atomic E-state index is 0.544. The van der Waals surface area contributed by atoms with Crippen LogP contribution in [0.1, 0.15) is 37.5 Å². The van der Waals surface area contributed by atoms with Crippen molar-refractivity contribution in [2.45, 2.75) is 40.5 Å². The quantitative estimate of drug-likeness (QED) is 0.595. The summed E-state index contributed by atoms with van der Waals surface area (Å²) in [6, 6.07) is 13.1. The second-order valence-corrected chi connectivity index (χ2v) is 6.41. The summed E-state index contributed by atoms with van der Waals surface area (Å²) in [6.07, 6.45) is 2.61. The van der Waals surface area contributed by atoms with Gasteiger partial charge < -0.3 is 0 Å². The molecule has 0 atom stereocenters. The van der Waals surface area contributed by atoms with E-state index in [4.69, 9.17) is 1.37 Å². The van der Waals surface area contributed by atoms with Gasteiger partial charge in [0.15, 0.2) is 6.17 Å². The molecule has 0 aliphatic carbocycles. The first-order chi connectivity index (χ1) is 11.5. The highest BCUT2D eigenvalue weighted by molar-refractivity contribution is 5.94. The van der Waals surface area contributed by atoms with Crippen LogP contribution in [0, 0.1) is 13.8 Å². The molecule has 1 heterocycles. The molecule has 1 aromatic heterocycles. The zero-order chi connectivity index (χ0) is 17.4. The van der Waals surface area contributed by atoms with E-state index < -0.39 is 0 Å². The molecule has 0 spiro atoms. The predicted octanol–water partition coefficient (Wildman–Crippen LogP) is 5.07. The number of fused-ring (bicyclic) bond motifs is 1. The summed E-state index contributed by atoms with van der Waals surface area (Å²) in [5.41, 5.74) is 7.74. The standard InChI is InChI=1S/C22H26N/c1-6-17-13-18(7-2)16(4)21(14-17)22-20-9-8-15(3)12-19(20)10-11-23(22)5/h8-14H,6-7H2,1-5H3/q+1/i11D. The van der Waals surface area contributed by atoms with Crippen LogP contribution < -0.4 is 4.57 Å². The monoisotopic (exact) mass is 305 g/mol. The zero-order valence-corrected chi connectivity index (χ0v) is 14.8. The largest absolute Gasteiger partial charge is 0.220 e. The van der Waals surface area contributed by atoms with Crippen LogP contribution in [0.25, 0.3) is 22.0 Å². The Labute approximate surface area is 141 Å². The molecular weight excluding hydrogens is 278 g/mol. The van der Waals surface area contributed by atoms with Gasteiger partial charge in [-0.05, 0) is 60.9 Å². The SMILES string of the molecule is [2H]c1cc2cc(C)ccc2c(-c2cc(CC)cc(CC)c2C)[n+]1C. The number of rotatable bonds is 3. The van der Waals surface area contributed by atoms with E-state index in [1.54, 1.807) is 0 Å². The third kappa shape index (κ3) is 2.76. The maximum atomic E-state index is 8.39. The van der Waals surface area contributed by atoms with Crippen LogP contribution in [-0.4, -0.2) is 0 Å². The molecule has 0 radical (unpaired) electrons. The Balaban J connectivity index is 2.44. The Kier molecular flexibility index (Phi) is 3.87. The second-order valence-electron chi connectivity index (χ2n) is 6.41. The van der Waals surface area contributed by atoms with Crippen molar-refractivity contribution in [3.63, 3.8) is 0 Å². The van der Waals surface area contributed by atoms with Crippen molar-refractivity contribution in [3.8, 4) is 11.3 Å². The van der Waals surface area contributed by atoms with Gasteiger partial charge in [-0.3, -0.25) is 0 Å². The van der Waals surface area contributed by atoms with Gasteiger partial charge in [-0.25, -0.2) is 4.57 Å².